The van der Waals surface area contributed by atoms with Gasteiger partial charge in [-0.3, -0.25) is 0 Å². The van der Waals surface area contributed by atoms with Crippen molar-refractivity contribution >= 4 is 0 Å². The summed E-state index contributed by atoms with van der Waals surface area (Å²) in [6, 6.07) is 8.82. The number of likely N-dealkylation sites (tertiary alicyclic amines) is 1. The monoisotopic (exact) mass is 233 g/mol. The second-order valence-corrected chi connectivity index (χ2v) is 5.25. The zero-order chi connectivity index (χ0) is 12.3. The Kier molecular flexibility index (Phi) is 4.19. The maximum Gasteiger partial charge on any atom is 0.0596 e. The molecule has 0 bridgehead atoms. The van der Waals surface area contributed by atoms with Gasteiger partial charge >= 0.3 is 0 Å². The number of aryl methyl sites for hydroxylation is 1. The highest BCUT2D eigenvalue weighted by Gasteiger charge is 2.25. The van der Waals surface area contributed by atoms with Crippen LogP contribution < -0.4 is 0 Å². The van der Waals surface area contributed by atoms with Gasteiger partial charge in [-0.15, -0.1) is 0 Å². The minimum Gasteiger partial charge on any atom is -0.393 e. The molecular formula is C15H23NO. The number of aliphatic hydroxyl groups excluding tert-OH is 1. The first-order chi connectivity index (χ1) is 8.19. The van der Waals surface area contributed by atoms with Gasteiger partial charge in [-0.05, 0) is 37.4 Å². The van der Waals surface area contributed by atoms with Gasteiger partial charge in [0.1, 0.15) is 0 Å². The molecule has 2 nitrogen and oxygen atoms in total. The molecule has 1 aliphatic heterocycles. The molecule has 0 spiro atoms. The molecular weight excluding hydrogens is 210 g/mol. The summed E-state index contributed by atoms with van der Waals surface area (Å²) in [6.45, 7) is 4.21. The Morgan fingerprint density at radius 3 is 2.53 bits per heavy atom. The predicted molar refractivity (Wildman–Crippen MR) is 71.1 cm³/mol. The molecule has 0 amide bonds. The van der Waals surface area contributed by atoms with Gasteiger partial charge in [0.25, 0.3) is 0 Å². The van der Waals surface area contributed by atoms with E-state index >= 15 is 0 Å². The predicted octanol–water partition coefficient (Wildman–Crippen LogP) is 2.10. The van der Waals surface area contributed by atoms with E-state index in [9.17, 15) is 5.11 Å². The van der Waals surface area contributed by atoms with Crippen LogP contribution in [0.4, 0.5) is 0 Å². The van der Waals surface area contributed by atoms with Crippen LogP contribution in [0.3, 0.4) is 0 Å². The second-order valence-electron chi connectivity index (χ2n) is 5.25. The molecule has 1 saturated heterocycles. The van der Waals surface area contributed by atoms with Crippen molar-refractivity contribution in [2.45, 2.75) is 32.3 Å². The molecule has 1 fully saturated rings. The van der Waals surface area contributed by atoms with Crippen molar-refractivity contribution in [3.8, 4) is 0 Å². The summed E-state index contributed by atoms with van der Waals surface area (Å²) in [5.41, 5.74) is 2.73. The summed E-state index contributed by atoms with van der Waals surface area (Å²) in [7, 11) is 2.14. The van der Waals surface area contributed by atoms with E-state index < -0.39 is 0 Å². The fraction of sp³-hybridized carbons (Fsp3) is 0.600. The lowest BCUT2D eigenvalue weighted by Gasteiger charge is -2.34. The van der Waals surface area contributed by atoms with Crippen LogP contribution in [-0.2, 0) is 12.8 Å². The van der Waals surface area contributed by atoms with Crippen LogP contribution in [-0.4, -0.2) is 36.2 Å². The summed E-state index contributed by atoms with van der Waals surface area (Å²) < 4.78 is 0. The third-order valence-electron chi connectivity index (χ3n) is 3.83. The maximum absolute atomic E-state index is 10.0. The lowest BCUT2D eigenvalue weighted by molar-refractivity contribution is 0.0366. The van der Waals surface area contributed by atoms with Crippen LogP contribution in [0.2, 0.25) is 0 Å². The SMILES string of the molecule is CCc1ccc(CC2CN(C)CCC2O)cc1. The molecule has 0 aliphatic carbocycles. The molecule has 2 atom stereocenters. The highest BCUT2D eigenvalue weighted by molar-refractivity contribution is 5.23. The summed E-state index contributed by atoms with van der Waals surface area (Å²) in [5.74, 6) is 0.390. The van der Waals surface area contributed by atoms with Crippen LogP contribution >= 0.6 is 0 Å². The zero-order valence-corrected chi connectivity index (χ0v) is 10.9. The summed E-state index contributed by atoms with van der Waals surface area (Å²) >= 11 is 0. The number of aliphatic hydroxyl groups is 1. The Morgan fingerprint density at radius 1 is 1.24 bits per heavy atom. The van der Waals surface area contributed by atoms with E-state index in [-0.39, 0.29) is 6.10 Å². The molecule has 0 saturated carbocycles. The average Bonchev–Trinajstić information content (AvgIpc) is 2.35. The summed E-state index contributed by atoms with van der Waals surface area (Å²) in [4.78, 5) is 2.32. The molecule has 2 heteroatoms. The third-order valence-corrected chi connectivity index (χ3v) is 3.83. The first-order valence-corrected chi connectivity index (χ1v) is 6.63. The Balaban J connectivity index is 1.98. The van der Waals surface area contributed by atoms with Crippen LogP contribution in [0.15, 0.2) is 24.3 Å². The van der Waals surface area contributed by atoms with E-state index in [0.29, 0.717) is 5.92 Å². The van der Waals surface area contributed by atoms with Crippen LogP contribution in [0, 0.1) is 5.92 Å². The van der Waals surface area contributed by atoms with Crippen molar-refractivity contribution in [1.82, 2.24) is 4.90 Å². The number of hydrogen-bond donors (Lipinski definition) is 1. The summed E-state index contributed by atoms with van der Waals surface area (Å²) in [5, 5.41) is 10.0. The largest absolute Gasteiger partial charge is 0.393 e. The molecule has 1 aromatic carbocycles. The van der Waals surface area contributed by atoms with E-state index in [1.54, 1.807) is 0 Å². The molecule has 2 unspecified atom stereocenters. The maximum atomic E-state index is 10.0. The molecule has 1 N–H and O–H groups in total. The highest BCUT2D eigenvalue weighted by atomic mass is 16.3. The van der Waals surface area contributed by atoms with Crippen molar-refractivity contribution in [2.75, 3.05) is 20.1 Å². The van der Waals surface area contributed by atoms with Gasteiger partial charge in [-0.1, -0.05) is 31.2 Å². The van der Waals surface area contributed by atoms with E-state index in [4.69, 9.17) is 0 Å². The van der Waals surface area contributed by atoms with E-state index in [1.165, 1.54) is 11.1 Å². The highest BCUT2D eigenvalue weighted by Crippen LogP contribution is 2.20. The topological polar surface area (TPSA) is 23.5 Å². The number of benzene rings is 1. The quantitative estimate of drug-likeness (QED) is 0.864. The molecule has 0 radical (unpaired) electrons. The lowest BCUT2D eigenvalue weighted by Crippen LogP contribution is -2.41. The first-order valence-electron chi connectivity index (χ1n) is 6.63. The van der Waals surface area contributed by atoms with Crippen LogP contribution in [0.5, 0.6) is 0 Å². The van der Waals surface area contributed by atoms with Crippen LogP contribution in [0.1, 0.15) is 24.5 Å². The van der Waals surface area contributed by atoms with E-state index in [1.807, 2.05) is 0 Å². The Hall–Kier alpha value is -0.860. The van der Waals surface area contributed by atoms with Crippen molar-refractivity contribution in [3.63, 3.8) is 0 Å². The zero-order valence-electron chi connectivity index (χ0n) is 10.9. The van der Waals surface area contributed by atoms with Gasteiger partial charge in [0.2, 0.25) is 0 Å². The smallest absolute Gasteiger partial charge is 0.0596 e. The van der Waals surface area contributed by atoms with E-state index in [0.717, 1.165) is 32.4 Å². The number of rotatable bonds is 3. The normalized spacial score (nSPS) is 26.1. The minimum absolute atomic E-state index is 0.128. The van der Waals surface area contributed by atoms with Crippen molar-refractivity contribution in [2.24, 2.45) is 5.92 Å². The van der Waals surface area contributed by atoms with Crippen molar-refractivity contribution < 1.29 is 5.11 Å². The molecule has 1 aliphatic rings. The van der Waals surface area contributed by atoms with Crippen molar-refractivity contribution in [1.29, 1.82) is 0 Å². The Labute approximate surface area is 104 Å². The molecule has 17 heavy (non-hydrogen) atoms. The van der Waals surface area contributed by atoms with Gasteiger partial charge in [0.15, 0.2) is 0 Å². The van der Waals surface area contributed by atoms with Crippen LogP contribution in [0.25, 0.3) is 0 Å². The van der Waals surface area contributed by atoms with Gasteiger partial charge in [0, 0.05) is 19.0 Å². The standard InChI is InChI=1S/C15H23NO/c1-3-12-4-6-13(7-5-12)10-14-11-16(2)9-8-15(14)17/h4-7,14-15,17H,3,8-11H2,1-2H3. The number of piperidine rings is 1. The molecule has 1 aromatic rings. The fourth-order valence-corrected chi connectivity index (χ4v) is 2.62. The molecule has 0 aromatic heterocycles. The Bertz CT molecular complexity index is 346. The Morgan fingerprint density at radius 2 is 1.88 bits per heavy atom. The second kappa shape index (κ2) is 5.65. The van der Waals surface area contributed by atoms with E-state index in [2.05, 4.69) is 43.1 Å². The van der Waals surface area contributed by atoms with Gasteiger partial charge in [-0.25, -0.2) is 0 Å². The number of nitrogens with zero attached hydrogens (tertiary/aromatic N) is 1. The molecule has 2 rings (SSSR count). The van der Waals surface area contributed by atoms with Gasteiger partial charge < -0.3 is 10.0 Å². The van der Waals surface area contributed by atoms with Gasteiger partial charge in [0.05, 0.1) is 6.10 Å². The lowest BCUT2D eigenvalue weighted by atomic mass is 9.89. The summed E-state index contributed by atoms with van der Waals surface area (Å²) in [6.07, 6.45) is 2.87. The fourth-order valence-electron chi connectivity index (χ4n) is 2.62. The average molecular weight is 233 g/mol. The molecule has 94 valence electrons. The first kappa shape index (κ1) is 12.6. The minimum atomic E-state index is -0.128. The third kappa shape index (κ3) is 3.30. The molecule has 1 heterocycles. The van der Waals surface area contributed by atoms with Crippen molar-refractivity contribution in [3.05, 3.63) is 35.4 Å². The van der Waals surface area contributed by atoms with Gasteiger partial charge in [-0.2, -0.15) is 0 Å². The number of hydrogen-bond acceptors (Lipinski definition) is 2.